The number of hydrogen-bond donors (Lipinski definition) is 1. The molecule has 1 spiro atoms. The summed E-state index contributed by atoms with van der Waals surface area (Å²) in [7, 11) is 0. The Labute approximate surface area is 128 Å². The van der Waals surface area contributed by atoms with Gasteiger partial charge >= 0.3 is 6.09 Å². The van der Waals surface area contributed by atoms with Gasteiger partial charge in [0.25, 0.3) is 0 Å². The molecule has 3 heterocycles. The summed E-state index contributed by atoms with van der Waals surface area (Å²) in [5, 5.41) is 9.85. The van der Waals surface area contributed by atoms with E-state index >= 15 is 0 Å². The van der Waals surface area contributed by atoms with Gasteiger partial charge in [-0.3, -0.25) is 4.79 Å². The Hall–Kier alpha value is -1.15. The molecule has 8 heteroatoms. The van der Waals surface area contributed by atoms with E-state index in [1.54, 1.807) is 11.1 Å². The van der Waals surface area contributed by atoms with Crippen molar-refractivity contribution in [3.8, 4) is 0 Å². The summed E-state index contributed by atoms with van der Waals surface area (Å²) in [6.07, 6.45) is 2.83. The van der Waals surface area contributed by atoms with Crippen molar-refractivity contribution < 1.29 is 14.7 Å². The molecular formula is C12H14BrN3O3S. The minimum atomic E-state index is -0.896. The van der Waals surface area contributed by atoms with Crippen LogP contribution in [0.1, 0.15) is 19.3 Å². The zero-order valence-electron chi connectivity index (χ0n) is 10.7. The molecular weight excluding hydrogens is 346 g/mol. The molecule has 0 aliphatic carbocycles. The molecule has 0 aromatic carbocycles. The van der Waals surface area contributed by atoms with Crippen LogP contribution in [-0.4, -0.2) is 46.0 Å². The summed E-state index contributed by atoms with van der Waals surface area (Å²) >= 11 is 4.72. The van der Waals surface area contributed by atoms with E-state index in [1.165, 1.54) is 16.4 Å². The van der Waals surface area contributed by atoms with Crippen LogP contribution in [0.15, 0.2) is 10.7 Å². The highest BCUT2D eigenvalue weighted by Gasteiger charge is 2.49. The molecule has 2 saturated heterocycles. The molecule has 1 N–H and O–H groups in total. The molecule has 2 aliphatic rings. The number of carbonyl (C=O) groups excluding carboxylic acids is 1. The van der Waals surface area contributed by atoms with E-state index in [1.807, 2.05) is 0 Å². The van der Waals surface area contributed by atoms with Crippen LogP contribution >= 0.6 is 27.5 Å². The standard InChI is InChI=1S/C12H14BrN3O3S/c13-8-7-14-20-9(8)16-6-3-12(10(16)17)1-4-15(5-2-12)11(18)19/h7H,1-6H2,(H,18,19). The molecule has 2 fully saturated rings. The highest BCUT2D eigenvalue weighted by Crippen LogP contribution is 2.45. The maximum Gasteiger partial charge on any atom is 0.407 e. The first-order valence-electron chi connectivity index (χ1n) is 6.43. The van der Waals surface area contributed by atoms with Crippen molar-refractivity contribution in [3.05, 3.63) is 10.7 Å². The van der Waals surface area contributed by atoms with Crippen molar-refractivity contribution in [1.82, 2.24) is 9.27 Å². The Balaban J connectivity index is 1.77. The van der Waals surface area contributed by atoms with Gasteiger partial charge in [-0.05, 0) is 46.7 Å². The van der Waals surface area contributed by atoms with E-state index in [4.69, 9.17) is 5.11 Å². The maximum absolute atomic E-state index is 12.7. The van der Waals surface area contributed by atoms with Gasteiger partial charge in [0.2, 0.25) is 5.91 Å². The first kappa shape index (κ1) is 13.8. The first-order chi connectivity index (χ1) is 9.53. The summed E-state index contributed by atoms with van der Waals surface area (Å²) in [6, 6.07) is 0. The van der Waals surface area contributed by atoms with Crippen LogP contribution < -0.4 is 4.90 Å². The first-order valence-corrected chi connectivity index (χ1v) is 8.00. The number of carboxylic acid groups (broad SMARTS) is 1. The van der Waals surface area contributed by atoms with Gasteiger partial charge in [-0.15, -0.1) is 0 Å². The molecule has 0 atom stereocenters. The van der Waals surface area contributed by atoms with Crippen LogP contribution in [-0.2, 0) is 4.79 Å². The van der Waals surface area contributed by atoms with Crippen molar-refractivity contribution in [2.24, 2.45) is 5.41 Å². The number of hydrogen-bond acceptors (Lipinski definition) is 4. The number of halogens is 1. The Bertz CT molecular complexity index is 554. The van der Waals surface area contributed by atoms with Crippen LogP contribution in [0.3, 0.4) is 0 Å². The van der Waals surface area contributed by atoms with Crippen LogP contribution in [0.2, 0.25) is 0 Å². The Morgan fingerprint density at radius 2 is 2.00 bits per heavy atom. The number of piperidine rings is 1. The quantitative estimate of drug-likeness (QED) is 0.835. The fourth-order valence-electron chi connectivity index (χ4n) is 3.00. The summed E-state index contributed by atoms with van der Waals surface area (Å²) in [5.41, 5.74) is -0.380. The normalized spacial score (nSPS) is 21.8. The fourth-order valence-corrected chi connectivity index (χ4v) is 4.34. The highest BCUT2D eigenvalue weighted by atomic mass is 79.9. The number of nitrogens with zero attached hydrogens (tertiary/aromatic N) is 3. The molecule has 6 nitrogen and oxygen atoms in total. The van der Waals surface area contributed by atoms with E-state index in [9.17, 15) is 9.59 Å². The van der Waals surface area contributed by atoms with Gasteiger partial charge < -0.3 is 14.9 Å². The molecule has 20 heavy (non-hydrogen) atoms. The zero-order chi connectivity index (χ0) is 14.3. The molecule has 0 radical (unpaired) electrons. The maximum atomic E-state index is 12.7. The van der Waals surface area contributed by atoms with Crippen molar-refractivity contribution in [2.45, 2.75) is 19.3 Å². The average molecular weight is 360 g/mol. The fraction of sp³-hybridized carbons (Fsp3) is 0.583. The monoisotopic (exact) mass is 359 g/mol. The van der Waals surface area contributed by atoms with Crippen molar-refractivity contribution in [1.29, 1.82) is 0 Å². The Morgan fingerprint density at radius 1 is 1.35 bits per heavy atom. The number of rotatable bonds is 1. The lowest BCUT2D eigenvalue weighted by atomic mass is 9.77. The largest absolute Gasteiger partial charge is 0.465 e. The van der Waals surface area contributed by atoms with E-state index < -0.39 is 6.09 Å². The van der Waals surface area contributed by atoms with Gasteiger partial charge in [-0.25, -0.2) is 4.79 Å². The molecule has 0 unspecified atom stereocenters. The van der Waals surface area contributed by atoms with E-state index in [2.05, 4.69) is 20.3 Å². The highest BCUT2D eigenvalue weighted by molar-refractivity contribution is 9.10. The molecule has 1 aromatic heterocycles. The van der Waals surface area contributed by atoms with Crippen molar-refractivity contribution >= 4 is 44.5 Å². The van der Waals surface area contributed by atoms with Crippen molar-refractivity contribution in [2.75, 3.05) is 24.5 Å². The van der Waals surface area contributed by atoms with Crippen molar-refractivity contribution in [3.63, 3.8) is 0 Å². The third-order valence-corrected chi connectivity index (χ3v) is 5.93. The molecule has 0 bridgehead atoms. The van der Waals surface area contributed by atoms with E-state index in [0.29, 0.717) is 32.5 Å². The number of amides is 2. The van der Waals surface area contributed by atoms with Gasteiger partial charge in [0.05, 0.1) is 16.1 Å². The smallest absolute Gasteiger partial charge is 0.407 e. The van der Waals surface area contributed by atoms with Gasteiger partial charge in [-0.1, -0.05) is 0 Å². The number of carbonyl (C=O) groups is 2. The second-order valence-corrected chi connectivity index (χ2v) is 6.87. The number of anilines is 1. The second-order valence-electron chi connectivity index (χ2n) is 5.24. The summed E-state index contributed by atoms with van der Waals surface area (Å²) in [4.78, 5) is 26.9. The lowest BCUT2D eigenvalue weighted by molar-refractivity contribution is -0.127. The van der Waals surface area contributed by atoms with Gasteiger partial charge in [0.1, 0.15) is 5.00 Å². The lowest BCUT2D eigenvalue weighted by Gasteiger charge is -2.36. The predicted molar refractivity (Wildman–Crippen MR) is 78.0 cm³/mol. The molecule has 0 saturated carbocycles. The molecule has 2 aliphatic heterocycles. The van der Waals surface area contributed by atoms with Crippen LogP contribution in [0.4, 0.5) is 9.80 Å². The Kier molecular flexibility index (Phi) is 3.45. The zero-order valence-corrected chi connectivity index (χ0v) is 13.1. The predicted octanol–water partition coefficient (Wildman–Crippen LogP) is 2.40. The third-order valence-electron chi connectivity index (χ3n) is 4.26. The molecule has 108 valence electrons. The van der Waals surface area contributed by atoms with Gasteiger partial charge in [0.15, 0.2) is 0 Å². The molecule has 3 rings (SSSR count). The van der Waals surface area contributed by atoms with E-state index in [-0.39, 0.29) is 11.3 Å². The van der Waals surface area contributed by atoms with E-state index in [0.717, 1.165) is 15.9 Å². The molecule has 1 aromatic rings. The lowest BCUT2D eigenvalue weighted by Crippen LogP contribution is -2.46. The third kappa shape index (κ3) is 2.10. The summed E-state index contributed by atoms with van der Waals surface area (Å²) < 4.78 is 4.93. The van der Waals surface area contributed by atoms with Crippen LogP contribution in [0.5, 0.6) is 0 Å². The number of likely N-dealkylation sites (tertiary alicyclic amines) is 1. The second kappa shape index (κ2) is 5.00. The summed E-state index contributed by atoms with van der Waals surface area (Å²) in [5.74, 6) is 0.118. The number of aromatic nitrogens is 1. The van der Waals surface area contributed by atoms with Gasteiger partial charge in [0, 0.05) is 19.6 Å². The molecule has 2 amide bonds. The minimum absolute atomic E-state index is 0.118. The van der Waals surface area contributed by atoms with Gasteiger partial charge in [-0.2, -0.15) is 4.37 Å². The Morgan fingerprint density at radius 3 is 2.55 bits per heavy atom. The van der Waals surface area contributed by atoms with Crippen LogP contribution in [0, 0.1) is 5.41 Å². The SMILES string of the molecule is O=C(O)N1CCC2(CC1)CCN(c1sncc1Br)C2=O. The summed E-state index contributed by atoms with van der Waals surface area (Å²) in [6.45, 7) is 1.57. The topological polar surface area (TPSA) is 73.7 Å². The average Bonchev–Trinajstić information content (AvgIpc) is 2.97. The van der Waals surface area contributed by atoms with Crippen LogP contribution in [0.25, 0.3) is 0 Å². The minimum Gasteiger partial charge on any atom is -0.465 e.